The molecule has 1 aliphatic carbocycles. The van der Waals surface area contributed by atoms with Crippen molar-refractivity contribution in [2.24, 2.45) is 0 Å². The van der Waals surface area contributed by atoms with Crippen LogP contribution in [-0.2, 0) is 0 Å². The predicted octanol–water partition coefficient (Wildman–Crippen LogP) is 11.6. The van der Waals surface area contributed by atoms with E-state index in [0.29, 0.717) is 0 Å². The standard InChI is InChI=1S/C42H29N/c1-3-14-28(15-4-1)30-18-13-19-31(26-30)43-39-25-12-11-24-36(39)41-40-34-22-9-7-20-32(34)37(29-16-5-2-6-17-29)27-38(40)33-21-8-10-23-35(33)42(41)43/h1-12,14-17,19-27H,13,18H2. The summed E-state index contributed by atoms with van der Waals surface area (Å²) >= 11 is 0. The number of benzene rings is 7. The third kappa shape index (κ3) is 3.65. The zero-order valence-electron chi connectivity index (χ0n) is 23.8. The van der Waals surface area contributed by atoms with E-state index >= 15 is 0 Å². The maximum absolute atomic E-state index is 2.54. The topological polar surface area (TPSA) is 4.93 Å². The van der Waals surface area contributed by atoms with Gasteiger partial charge >= 0.3 is 0 Å². The molecule has 0 spiro atoms. The van der Waals surface area contributed by atoms with E-state index in [-0.39, 0.29) is 0 Å². The molecule has 43 heavy (non-hydrogen) atoms. The highest BCUT2D eigenvalue weighted by Gasteiger charge is 2.22. The normalized spacial score (nSPS) is 13.7. The molecule has 1 heteroatoms. The highest BCUT2D eigenvalue weighted by atomic mass is 15.0. The van der Waals surface area contributed by atoms with Crippen molar-refractivity contribution in [3.05, 3.63) is 157 Å². The molecule has 0 radical (unpaired) electrons. The Hall–Kier alpha value is -5.40. The molecule has 0 fully saturated rings. The van der Waals surface area contributed by atoms with E-state index in [1.807, 2.05) is 0 Å². The molecule has 0 amide bonds. The number of aromatic nitrogens is 1. The van der Waals surface area contributed by atoms with Gasteiger partial charge in [-0.25, -0.2) is 0 Å². The lowest BCUT2D eigenvalue weighted by Gasteiger charge is -2.19. The summed E-state index contributed by atoms with van der Waals surface area (Å²) in [5.41, 5.74) is 9.03. The van der Waals surface area contributed by atoms with E-state index in [1.54, 1.807) is 0 Å². The van der Waals surface area contributed by atoms with E-state index in [2.05, 4.69) is 156 Å². The monoisotopic (exact) mass is 547 g/mol. The van der Waals surface area contributed by atoms with Crippen molar-refractivity contribution in [3.8, 4) is 11.1 Å². The van der Waals surface area contributed by atoms with Crippen LogP contribution in [0.15, 0.2) is 152 Å². The van der Waals surface area contributed by atoms with Gasteiger partial charge in [0.2, 0.25) is 0 Å². The molecule has 0 atom stereocenters. The number of hydrogen-bond acceptors (Lipinski definition) is 0. The molecule has 1 aromatic heterocycles. The Labute approximate surface area is 250 Å². The third-order valence-corrected chi connectivity index (χ3v) is 9.22. The van der Waals surface area contributed by atoms with Crippen LogP contribution in [0.1, 0.15) is 18.4 Å². The fraction of sp³-hybridized carbons (Fsp3) is 0.0476. The van der Waals surface area contributed by atoms with Gasteiger partial charge in [-0.05, 0) is 74.9 Å². The lowest BCUT2D eigenvalue weighted by molar-refractivity contribution is 1.04. The van der Waals surface area contributed by atoms with Crippen LogP contribution < -0.4 is 0 Å². The lowest BCUT2D eigenvalue weighted by atomic mass is 9.88. The second-order valence-electron chi connectivity index (χ2n) is 11.6. The Balaban J connectivity index is 1.48. The quantitative estimate of drug-likeness (QED) is 0.194. The van der Waals surface area contributed by atoms with Crippen LogP contribution in [0.4, 0.5) is 0 Å². The second kappa shape index (κ2) is 9.58. The van der Waals surface area contributed by atoms with Crippen molar-refractivity contribution in [2.45, 2.75) is 12.8 Å². The van der Waals surface area contributed by atoms with Gasteiger partial charge in [-0.15, -0.1) is 0 Å². The van der Waals surface area contributed by atoms with Crippen LogP contribution in [0.2, 0.25) is 0 Å². The molecule has 1 heterocycles. The van der Waals surface area contributed by atoms with Gasteiger partial charge < -0.3 is 4.57 Å². The molecule has 1 aliphatic rings. The first-order valence-electron chi connectivity index (χ1n) is 15.2. The van der Waals surface area contributed by atoms with Gasteiger partial charge in [-0.2, -0.15) is 0 Å². The van der Waals surface area contributed by atoms with Crippen LogP contribution in [0, 0.1) is 0 Å². The summed E-state index contributed by atoms with van der Waals surface area (Å²) < 4.78 is 2.54. The first kappa shape index (κ1) is 24.2. The summed E-state index contributed by atoms with van der Waals surface area (Å²) in [5.74, 6) is 0. The van der Waals surface area contributed by atoms with Crippen LogP contribution in [0.25, 0.3) is 76.5 Å². The molecule has 0 bridgehead atoms. The van der Waals surface area contributed by atoms with Crippen molar-refractivity contribution >= 4 is 65.4 Å². The van der Waals surface area contributed by atoms with E-state index in [4.69, 9.17) is 0 Å². The third-order valence-electron chi connectivity index (χ3n) is 9.22. The average molecular weight is 548 g/mol. The van der Waals surface area contributed by atoms with Crippen molar-refractivity contribution in [2.75, 3.05) is 0 Å². The summed E-state index contributed by atoms with van der Waals surface area (Å²) in [6.45, 7) is 0. The Kier molecular flexibility index (Phi) is 5.39. The van der Waals surface area contributed by atoms with Crippen LogP contribution in [-0.4, -0.2) is 4.57 Å². The van der Waals surface area contributed by atoms with Crippen LogP contribution in [0.3, 0.4) is 0 Å². The maximum atomic E-state index is 2.54. The van der Waals surface area contributed by atoms with Gasteiger partial charge in [0.15, 0.2) is 0 Å². The Morgan fingerprint density at radius 2 is 1.07 bits per heavy atom. The fourth-order valence-corrected chi connectivity index (χ4v) is 7.38. The van der Waals surface area contributed by atoms with Crippen molar-refractivity contribution in [1.82, 2.24) is 4.57 Å². The van der Waals surface area contributed by atoms with E-state index < -0.39 is 0 Å². The van der Waals surface area contributed by atoms with E-state index in [0.717, 1.165) is 12.8 Å². The number of fused-ring (bicyclic) bond motifs is 10. The lowest BCUT2D eigenvalue weighted by Crippen LogP contribution is -2.00. The molecular weight excluding hydrogens is 518 g/mol. The fourth-order valence-electron chi connectivity index (χ4n) is 7.38. The maximum Gasteiger partial charge on any atom is 0.0626 e. The number of para-hydroxylation sites is 1. The van der Waals surface area contributed by atoms with Gasteiger partial charge in [0.05, 0.1) is 11.0 Å². The highest BCUT2D eigenvalue weighted by Crippen LogP contribution is 2.47. The molecule has 1 nitrogen and oxygen atoms in total. The van der Waals surface area contributed by atoms with Crippen molar-refractivity contribution < 1.29 is 0 Å². The van der Waals surface area contributed by atoms with Crippen LogP contribution in [0.5, 0.6) is 0 Å². The summed E-state index contributed by atoms with van der Waals surface area (Å²) in [6.07, 6.45) is 6.92. The Morgan fingerprint density at radius 1 is 0.465 bits per heavy atom. The Morgan fingerprint density at radius 3 is 1.84 bits per heavy atom. The molecule has 7 aromatic carbocycles. The second-order valence-corrected chi connectivity index (χ2v) is 11.6. The zero-order valence-corrected chi connectivity index (χ0v) is 23.8. The summed E-state index contributed by atoms with van der Waals surface area (Å²) in [5, 5.41) is 10.4. The summed E-state index contributed by atoms with van der Waals surface area (Å²) in [4.78, 5) is 0. The van der Waals surface area contributed by atoms with Crippen molar-refractivity contribution in [3.63, 3.8) is 0 Å². The Bertz CT molecular complexity index is 2420. The molecule has 8 aromatic rings. The number of allylic oxidation sites excluding steroid dienone is 4. The van der Waals surface area contributed by atoms with Crippen molar-refractivity contribution in [1.29, 1.82) is 0 Å². The molecule has 202 valence electrons. The van der Waals surface area contributed by atoms with Gasteiger partial charge in [0.1, 0.15) is 0 Å². The van der Waals surface area contributed by atoms with Crippen LogP contribution >= 0.6 is 0 Å². The minimum absolute atomic E-state index is 1.03. The van der Waals surface area contributed by atoms with Gasteiger partial charge in [-0.3, -0.25) is 0 Å². The number of rotatable bonds is 3. The minimum Gasteiger partial charge on any atom is -0.309 e. The highest BCUT2D eigenvalue weighted by molar-refractivity contribution is 6.38. The average Bonchev–Trinajstić information content (AvgIpc) is 3.44. The van der Waals surface area contributed by atoms with E-state index in [1.165, 1.54) is 82.1 Å². The van der Waals surface area contributed by atoms with Gasteiger partial charge in [0.25, 0.3) is 0 Å². The number of hydrogen-bond donors (Lipinski definition) is 0. The molecule has 9 rings (SSSR count). The largest absolute Gasteiger partial charge is 0.309 e. The smallest absolute Gasteiger partial charge is 0.0626 e. The predicted molar refractivity (Wildman–Crippen MR) is 185 cm³/mol. The SMILES string of the molecule is C1=C(c2ccccc2)CCC=C1n1c2ccccc2c2c3c4ccccc4c(-c4ccccc4)cc3c3ccccc3c21. The number of nitrogens with zero attached hydrogens (tertiary/aromatic N) is 1. The zero-order chi connectivity index (χ0) is 28.3. The molecule has 0 saturated heterocycles. The van der Waals surface area contributed by atoms with Gasteiger partial charge in [-0.1, -0.05) is 133 Å². The summed E-state index contributed by atoms with van der Waals surface area (Å²) in [6, 6.07) is 51.1. The van der Waals surface area contributed by atoms with Gasteiger partial charge in [0, 0.05) is 27.2 Å². The molecule has 0 saturated carbocycles. The molecule has 0 N–H and O–H groups in total. The first-order valence-corrected chi connectivity index (χ1v) is 15.2. The molecular formula is C42H29N. The van der Waals surface area contributed by atoms with E-state index in [9.17, 15) is 0 Å². The molecule has 0 aliphatic heterocycles. The summed E-state index contributed by atoms with van der Waals surface area (Å²) in [7, 11) is 0. The molecule has 0 unspecified atom stereocenters. The first-order chi connectivity index (χ1) is 21.4. The minimum atomic E-state index is 1.03.